The van der Waals surface area contributed by atoms with Gasteiger partial charge in [-0.2, -0.15) is 0 Å². The summed E-state index contributed by atoms with van der Waals surface area (Å²) in [6.07, 6.45) is 2.64. The molecule has 0 saturated carbocycles. The summed E-state index contributed by atoms with van der Waals surface area (Å²) in [5.41, 5.74) is 0. The number of carbonyl (C=O) groups is 2. The molecular formula is C14H19N5O3. The lowest BCUT2D eigenvalue weighted by Gasteiger charge is -2.27. The number of morpholine rings is 1. The van der Waals surface area contributed by atoms with Crippen LogP contribution in [0.4, 0.5) is 5.82 Å². The minimum Gasteiger partial charge on any atom is -0.378 e. The van der Waals surface area contributed by atoms with E-state index in [0.29, 0.717) is 31.9 Å². The van der Waals surface area contributed by atoms with Gasteiger partial charge >= 0.3 is 0 Å². The fourth-order valence-electron chi connectivity index (χ4n) is 2.54. The third kappa shape index (κ3) is 3.51. The minimum absolute atomic E-state index is 0.0780. The second-order valence-corrected chi connectivity index (χ2v) is 5.31. The number of nitrogens with one attached hydrogen (secondary N) is 2. The number of carbonyl (C=O) groups excluding carboxylic acids is 2. The summed E-state index contributed by atoms with van der Waals surface area (Å²) < 4.78 is 5.32. The molecular weight excluding hydrogens is 286 g/mol. The molecule has 22 heavy (non-hydrogen) atoms. The number of hydrogen-bond donors (Lipinski definition) is 2. The summed E-state index contributed by atoms with van der Waals surface area (Å²) in [6.45, 7) is 3.24. The van der Waals surface area contributed by atoms with Gasteiger partial charge in [0.05, 0.1) is 19.8 Å². The zero-order valence-corrected chi connectivity index (χ0v) is 12.2. The van der Waals surface area contributed by atoms with E-state index >= 15 is 0 Å². The fraction of sp³-hybridized carbons (Fsp3) is 0.571. The molecule has 0 aliphatic carbocycles. The van der Waals surface area contributed by atoms with Crippen LogP contribution in [0.15, 0.2) is 12.3 Å². The number of amides is 2. The Labute approximate surface area is 128 Å². The van der Waals surface area contributed by atoms with E-state index in [1.54, 1.807) is 6.20 Å². The van der Waals surface area contributed by atoms with E-state index in [1.165, 1.54) is 0 Å². The number of hydrogen-bond acceptors (Lipinski definition) is 6. The summed E-state index contributed by atoms with van der Waals surface area (Å²) in [5.74, 6) is 1.13. The van der Waals surface area contributed by atoms with Crippen LogP contribution in [-0.4, -0.2) is 54.1 Å². The highest BCUT2D eigenvalue weighted by Gasteiger charge is 2.26. The van der Waals surface area contributed by atoms with Gasteiger partial charge in [-0.05, 0) is 12.5 Å². The fourth-order valence-corrected chi connectivity index (χ4v) is 2.54. The highest BCUT2D eigenvalue weighted by molar-refractivity contribution is 5.90. The van der Waals surface area contributed by atoms with Crippen molar-refractivity contribution in [3.8, 4) is 0 Å². The van der Waals surface area contributed by atoms with Gasteiger partial charge in [-0.1, -0.05) is 0 Å². The molecule has 1 unspecified atom stereocenters. The number of nitrogens with zero attached hydrogens (tertiary/aromatic N) is 3. The molecule has 0 radical (unpaired) electrons. The molecule has 8 heteroatoms. The maximum Gasteiger partial charge on any atom is 0.242 e. The van der Waals surface area contributed by atoms with Crippen LogP contribution in [0.1, 0.15) is 18.7 Å². The van der Waals surface area contributed by atoms with Gasteiger partial charge in [0.15, 0.2) is 0 Å². The van der Waals surface area contributed by atoms with Crippen molar-refractivity contribution in [1.82, 2.24) is 20.6 Å². The lowest BCUT2D eigenvalue weighted by molar-refractivity contribution is -0.125. The van der Waals surface area contributed by atoms with Crippen LogP contribution in [-0.2, 0) is 20.9 Å². The first-order chi connectivity index (χ1) is 10.7. The van der Waals surface area contributed by atoms with Gasteiger partial charge in [0, 0.05) is 25.7 Å². The maximum absolute atomic E-state index is 11.9. The average Bonchev–Trinajstić information content (AvgIpc) is 3.00. The van der Waals surface area contributed by atoms with Gasteiger partial charge in [-0.25, -0.2) is 9.97 Å². The molecule has 1 aromatic heterocycles. The van der Waals surface area contributed by atoms with E-state index in [9.17, 15) is 9.59 Å². The summed E-state index contributed by atoms with van der Waals surface area (Å²) in [5, 5.41) is 5.41. The van der Waals surface area contributed by atoms with Crippen molar-refractivity contribution in [2.75, 3.05) is 31.2 Å². The van der Waals surface area contributed by atoms with Crippen LogP contribution in [0.3, 0.4) is 0 Å². The summed E-state index contributed by atoms with van der Waals surface area (Å²) in [7, 11) is 0. The Morgan fingerprint density at radius 3 is 3.00 bits per heavy atom. The zero-order chi connectivity index (χ0) is 15.4. The van der Waals surface area contributed by atoms with Crippen molar-refractivity contribution in [2.24, 2.45) is 0 Å². The van der Waals surface area contributed by atoms with Gasteiger partial charge < -0.3 is 20.3 Å². The van der Waals surface area contributed by atoms with Gasteiger partial charge in [0.1, 0.15) is 17.7 Å². The zero-order valence-electron chi connectivity index (χ0n) is 12.2. The van der Waals surface area contributed by atoms with Crippen molar-refractivity contribution in [2.45, 2.75) is 25.4 Å². The molecule has 2 aliphatic heterocycles. The average molecular weight is 305 g/mol. The summed E-state index contributed by atoms with van der Waals surface area (Å²) >= 11 is 0. The Hall–Kier alpha value is -2.22. The van der Waals surface area contributed by atoms with E-state index in [0.717, 1.165) is 18.9 Å². The predicted octanol–water partition coefficient (Wildman–Crippen LogP) is -0.792. The third-order valence-electron chi connectivity index (χ3n) is 3.76. The Morgan fingerprint density at radius 2 is 2.27 bits per heavy atom. The Kier molecular flexibility index (Phi) is 4.47. The highest BCUT2D eigenvalue weighted by atomic mass is 16.5. The van der Waals surface area contributed by atoms with Crippen LogP contribution >= 0.6 is 0 Å². The lowest BCUT2D eigenvalue weighted by Crippen LogP contribution is -2.41. The molecule has 8 nitrogen and oxygen atoms in total. The molecule has 3 rings (SSSR count). The van der Waals surface area contributed by atoms with Crippen molar-refractivity contribution in [1.29, 1.82) is 0 Å². The van der Waals surface area contributed by atoms with Crippen LogP contribution in [0, 0.1) is 0 Å². The van der Waals surface area contributed by atoms with E-state index in [2.05, 4.69) is 25.5 Å². The van der Waals surface area contributed by atoms with E-state index in [-0.39, 0.29) is 18.4 Å². The number of ether oxygens (including phenoxy) is 1. The van der Waals surface area contributed by atoms with Crippen LogP contribution in [0.25, 0.3) is 0 Å². The molecule has 1 aromatic rings. The molecule has 2 N–H and O–H groups in total. The first-order valence-corrected chi connectivity index (χ1v) is 7.44. The number of anilines is 1. The van der Waals surface area contributed by atoms with Crippen molar-refractivity contribution < 1.29 is 14.3 Å². The van der Waals surface area contributed by atoms with Crippen molar-refractivity contribution in [3.05, 3.63) is 18.1 Å². The molecule has 2 saturated heterocycles. The molecule has 118 valence electrons. The molecule has 0 spiro atoms. The molecule has 1 atom stereocenters. The Morgan fingerprint density at radius 1 is 1.45 bits per heavy atom. The summed E-state index contributed by atoms with van der Waals surface area (Å²) in [6, 6.07) is 1.42. The number of rotatable bonds is 4. The molecule has 2 fully saturated rings. The lowest BCUT2D eigenvalue weighted by atomic mass is 10.2. The molecule has 0 bridgehead atoms. The van der Waals surface area contributed by atoms with Crippen LogP contribution < -0.4 is 15.5 Å². The molecule has 2 aliphatic rings. The molecule has 0 aromatic carbocycles. The first-order valence-electron chi connectivity index (χ1n) is 7.44. The minimum atomic E-state index is -0.435. The maximum atomic E-state index is 11.9. The summed E-state index contributed by atoms with van der Waals surface area (Å²) in [4.78, 5) is 33.8. The highest BCUT2D eigenvalue weighted by Crippen LogP contribution is 2.12. The molecule has 3 heterocycles. The first kappa shape index (κ1) is 14.7. The van der Waals surface area contributed by atoms with Crippen LogP contribution in [0.2, 0.25) is 0 Å². The largest absolute Gasteiger partial charge is 0.378 e. The SMILES string of the molecule is O=C1CCC(C(=O)NCc2nccc(N3CCOCC3)n2)N1. The monoisotopic (exact) mass is 305 g/mol. The van der Waals surface area contributed by atoms with Gasteiger partial charge in [0.25, 0.3) is 0 Å². The predicted molar refractivity (Wildman–Crippen MR) is 78.1 cm³/mol. The van der Waals surface area contributed by atoms with Gasteiger partial charge in [-0.3, -0.25) is 9.59 Å². The standard InChI is InChI=1S/C14H19N5O3/c20-13-2-1-10(17-13)14(21)16-9-11-15-4-3-12(18-11)19-5-7-22-8-6-19/h3-4,10H,1-2,5-9H2,(H,16,21)(H,17,20). The van der Waals surface area contributed by atoms with E-state index in [4.69, 9.17) is 4.74 Å². The smallest absolute Gasteiger partial charge is 0.242 e. The molecule has 2 amide bonds. The third-order valence-corrected chi connectivity index (χ3v) is 3.76. The van der Waals surface area contributed by atoms with Crippen molar-refractivity contribution >= 4 is 17.6 Å². The Bertz CT molecular complexity index is 559. The topological polar surface area (TPSA) is 96.5 Å². The van der Waals surface area contributed by atoms with E-state index < -0.39 is 6.04 Å². The van der Waals surface area contributed by atoms with Gasteiger partial charge in [-0.15, -0.1) is 0 Å². The normalized spacial score (nSPS) is 21.5. The second kappa shape index (κ2) is 6.69. The van der Waals surface area contributed by atoms with E-state index in [1.807, 2.05) is 6.07 Å². The number of aromatic nitrogens is 2. The van der Waals surface area contributed by atoms with Crippen LogP contribution in [0.5, 0.6) is 0 Å². The second-order valence-electron chi connectivity index (χ2n) is 5.31. The quantitative estimate of drug-likeness (QED) is 0.756. The Balaban J connectivity index is 1.56. The van der Waals surface area contributed by atoms with Crippen molar-refractivity contribution in [3.63, 3.8) is 0 Å². The van der Waals surface area contributed by atoms with Gasteiger partial charge in [0.2, 0.25) is 11.8 Å².